The normalized spacial score (nSPS) is 12.6. The number of hydrogen-bond acceptors (Lipinski definition) is 2. The molecule has 0 spiro atoms. The molecule has 0 saturated heterocycles. The highest BCUT2D eigenvalue weighted by Crippen LogP contribution is 2.13. The van der Waals surface area contributed by atoms with Gasteiger partial charge in [-0.15, -0.1) is 0 Å². The lowest BCUT2D eigenvalue weighted by atomic mass is 9.95. The van der Waals surface area contributed by atoms with Crippen molar-refractivity contribution in [2.75, 3.05) is 19.8 Å². The van der Waals surface area contributed by atoms with Crippen molar-refractivity contribution < 1.29 is 4.74 Å². The van der Waals surface area contributed by atoms with Gasteiger partial charge in [0.15, 0.2) is 0 Å². The van der Waals surface area contributed by atoms with E-state index in [-0.39, 0.29) is 0 Å². The summed E-state index contributed by atoms with van der Waals surface area (Å²) in [5, 5.41) is 0. The Labute approximate surface area is 98.8 Å². The van der Waals surface area contributed by atoms with Crippen molar-refractivity contribution in [3.63, 3.8) is 0 Å². The van der Waals surface area contributed by atoms with Gasteiger partial charge >= 0.3 is 0 Å². The zero-order valence-electron chi connectivity index (χ0n) is 10.2. The van der Waals surface area contributed by atoms with Crippen LogP contribution in [0.25, 0.3) is 0 Å². The molecule has 0 amide bonds. The molecule has 0 bridgehead atoms. The summed E-state index contributed by atoms with van der Waals surface area (Å²) in [6.07, 6.45) is 3.36. The molecule has 2 nitrogen and oxygen atoms in total. The molecular weight excluding hydrogens is 198 g/mol. The minimum absolute atomic E-state index is 0.586. The van der Waals surface area contributed by atoms with Crippen LogP contribution < -0.4 is 5.73 Å². The summed E-state index contributed by atoms with van der Waals surface area (Å²) in [5.41, 5.74) is 7.18. The Morgan fingerprint density at radius 3 is 2.62 bits per heavy atom. The van der Waals surface area contributed by atoms with Crippen LogP contribution in [0.5, 0.6) is 0 Å². The van der Waals surface area contributed by atoms with Crippen molar-refractivity contribution in [1.82, 2.24) is 0 Å². The van der Waals surface area contributed by atoms with E-state index in [4.69, 9.17) is 10.5 Å². The Balaban J connectivity index is 2.26. The molecular formula is C14H23NO. The van der Waals surface area contributed by atoms with Gasteiger partial charge in [-0.05, 0) is 44.2 Å². The predicted octanol–water partition coefficient (Wildman–Crippen LogP) is 2.62. The maximum atomic E-state index is 5.79. The summed E-state index contributed by atoms with van der Waals surface area (Å²) < 4.78 is 5.34. The van der Waals surface area contributed by atoms with E-state index in [0.29, 0.717) is 5.92 Å². The van der Waals surface area contributed by atoms with E-state index in [0.717, 1.165) is 39.0 Å². The largest absolute Gasteiger partial charge is 0.382 e. The zero-order valence-corrected chi connectivity index (χ0v) is 10.2. The molecule has 0 aromatic heterocycles. The summed E-state index contributed by atoms with van der Waals surface area (Å²) in [6.45, 7) is 4.47. The van der Waals surface area contributed by atoms with Crippen molar-refractivity contribution in [2.24, 2.45) is 11.7 Å². The Morgan fingerprint density at radius 2 is 2.00 bits per heavy atom. The molecule has 0 heterocycles. The van der Waals surface area contributed by atoms with Gasteiger partial charge in [-0.1, -0.05) is 30.3 Å². The van der Waals surface area contributed by atoms with Crippen molar-refractivity contribution in [3.05, 3.63) is 35.9 Å². The van der Waals surface area contributed by atoms with Gasteiger partial charge in [0.1, 0.15) is 0 Å². The Morgan fingerprint density at radius 1 is 1.25 bits per heavy atom. The highest BCUT2D eigenvalue weighted by molar-refractivity contribution is 5.15. The Bertz CT molecular complexity index is 261. The van der Waals surface area contributed by atoms with Crippen molar-refractivity contribution in [3.8, 4) is 0 Å². The quantitative estimate of drug-likeness (QED) is 0.685. The van der Waals surface area contributed by atoms with Gasteiger partial charge in [0.2, 0.25) is 0 Å². The number of benzene rings is 1. The maximum Gasteiger partial charge on any atom is 0.0466 e. The molecule has 0 aliphatic carbocycles. The van der Waals surface area contributed by atoms with Crippen LogP contribution in [0, 0.1) is 5.92 Å². The molecule has 1 rings (SSSR count). The SMILES string of the molecule is CCOCCCC(CN)Cc1ccccc1. The summed E-state index contributed by atoms with van der Waals surface area (Å²) >= 11 is 0. The molecule has 1 unspecified atom stereocenters. The van der Waals surface area contributed by atoms with E-state index in [1.807, 2.05) is 6.92 Å². The molecule has 90 valence electrons. The lowest BCUT2D eigenvalue weighted by molar-refractivity contribution is 0.139. The standard InChI is InChI=1S/C14H23NO/c1-2-16-10-6-9-14(12-15)11-13-7-4-3-5-8-13/h3-5,7-8,14H,2,6,9-12,15H2,1H3. The lowest BCUT2D eigenvalue weighted by Gasteiger charge is -2.14. The molecule has 1 aromatic carbocycles. The van der Waals surface area contributed by atoms with Gasteiger partial charge in [0.25, 0.3) is 0 Å². The van der Waals surface area contributed by atoms with Crippen molar-refractivity contribution in [2.45, 2.75) is 26.2 Å². The second kappa shape index (κ2) is 8.31. The summed E-state index contributed by atoms with van der Waals surface area (Å²) in [4.78, 5) is 0. The minimum Gasteiger partial charge on any atom is -0.382 e. The highest BCUT2D eigenvalue weighted by atomic mass is 16.5. The molecule has 1 atom stereocenters. The van der Waals surface area contributed by atoms with Crippen LogP contribution in [0.2, 0.25) is 0 Å². The second-order valence-electron chi connectivity index (χ2n) is 4.13. The third kappa shape index (κ3) is 5.29. The smallest absolute Gasteiger partial charge is 0.0466 e. The average Bonchev–Trinajstić information content (AvgIpc) is 2.34. The molecule has 0 aliphatic rings. The fourth-order valence-corrected chi connectivity index (χ4v) is 1.87. The third-order valence-electron chi connectivity index (χ3n) is 2.81. The minimum atomic E-state index is 0.586. The van der Waals surface area contributed by atoms with E-state index in [9.17, 15) is 0 Å². The van der Waals surface area contributed by atoms with Gasteiger partial charge in [-0.3, -0.25) is 0 Å². The van der Waals surface area contributed by atoms with Crippen LogP contribution in [0.3, 0.4) is 0 Å². The summed E-state index contributed by atoms with van der Waals surface area (Å²) in [5.74, 6) is 0.586. The first-order chi connectivity index (χ1) is 7.86. The van der Waals surface area contributed by atoms with Crippen LogP contribution in [-0.2, 0) is 11.2 Å². The molecule has 0 aliphatic heterocycles. The number of ether oxygens (including phenoxy) is 1. The number of nitrogens with two attached hydrogens (primary N) is 1. The monoisotopic (exact) mass is 221 g/mol. The summed E-state index contributed by atoms with van der Waals surface area (Å²) in [7, 11) is 0. The fourth-order valence-electron chi connectivity index (χ4n) is 1.87. The number of rotatable bonds is 8. The molecule has 0 radical (unpaired) electrons. The van der Waals surface area contributed by atoms with E-state index in [1.165, 1.54) is 5.56 Å². The zero-order chi connectivity index (χ0) is 11.6. The fraction of sp³-hybridized carbons (Fsp3) is 0.571. The van der Waals surface area contributed by atoms with Gasteiger partial charge in [-0.25, -0.2) is 0 Å². The highest BCUT2D eigenvalue weighted by Gasteiger charge is 2.07. The Hall–Kier alpha value is -0.860. The van der Waals surface area contributed by atoms with E-state index >= 15 is 0 Å². The molecule has 0 saturated carbocycles. The summed E-state index contributed by atoms with van der Waals surface area (Å²) in [6, 6.07) is 10.6. The van der Waals surface area contributed by atoms with Crippen molar-refractivity contribution in [1.29, 1.82) is 0 Å². The van der Waals surface area contributed by atoms with E-state index < -0.39 is 0 Å². The lowest BCUT2D eigenvalue weighted by Crippen LogP contribution is -2.17. The van der Waals surface area contributed by atoms with E-state index in [1.54, 1.807) is 0 Å². The molecule has 1 aromatic rings. The maximum absolute atomic E-state index is 5.79. The van der Waals surface area contributed by atoms with Gasteiger partial charge in [-0.2, -0.15) is 0 Å². The molecule has 2 N–H and O–H groups in total. The first kappa shape index (κ1) is 13.2. The third-order valence-corrected chi connectivity index (χ3v) is 2.81. The van der Waals surface area contributed by atoms with Crippen LogP contribution >= 0.6 is 0 Å². The number of hydrogen-bond donors (Lipinski definition) is 1. The van der Waals surface area contributed by atoms with Crippen molar-refractivity contribution >= 4 is 0 Å². The van der Waals surface area contributed by atoms with Gasteiger partial charge < -0.3 is 10.5 Å². The molecule has 16 heavy (non-hydrogen) atoms. The van der Waals surface area contributed by atoms with Gasteiger partial charge in [0.05, 0.1) is 0 Å². The Kier molecular flexibility index (Phi) is 6.86. The average molecular weight is 221 g/mol. The topological polar surface area (TPSA) is 35.2 Å². The van der Waals surface area contributed by atoms with Crippen LogP contribution in [0.4, 0.5) is 0 Å². The van der Waals surface area contributed by atoms with Gasteiger partial charge in [0, 0.05) is 13.2 Å². The first-order valence-electron chi connectivity index (χ1n) is 6.18. The van der Waals surface area contributed by atoms with Crippen LogP contribution in [-0.4, -0.2) is 19.8 Å². The second-order valence-corrected chi connectivity index (χ2v) is 4.13. The molecule has 0 fully saturated rings. The predicted molar refractivity (Wildman–Crippen MR) is 68.4 cm³/mol. The van der Waals surface area contributed by atoms with E-state index in [2.05, 4.69) is 30.3 Å². The van der Waals surface area contributed by atoms with Crippen LogP contribution in [0.15, 0.2) is 30.3 Å². The van der Waals surface area contributed by atoms with Crippen LogP contribution in [0.1, 0.15) is 25.3 Å². The first-order valence-corrected chi connectivity index (χ1v) is 6.18. The molecule has 2 heteroatoms.